The number of hydrogen-bond acceptors (Lipinski definition) is 6. The van der Waals surface area contributed by atoms with Gasteiger partial charge in [0.25, 0.3) is 0 Å². The summed E-state index contributed by atoms with van der Waals surface area (Å²) in [7, 11) is 0. The molecule has 29 heavy (non-hydrogen) atoms. The van der Waals surface area contributed by atoms with Gasteiger partial charge in [-0.1, -0.05) is 64.0 Å². The Bertz CT molecular complexity index is 510. The van der Waals surface area contributed by atoms with E-state index in [-0.39, 0.29) is 6.10 Å². The van der Waals surface area contributed by atoms with Crippen molar-refractivity contribution in [3.63, 3.8) is 0 Å². The SMILES string of the molecule is CCCCCC[C@@H](O)CCCCCC/C=C/[C@@H](O)[C@@H]1OC(=O)[C@@H](NC(C)=O)[C@H]1O. The lowest BCUT2D eigenvalue weighted by Gasteiger charge is -2.18. The third kappa shape index (κ3) is 10.2. The van der Waals surface area contributed by atoms with Gasteiger partial charge in [0.2, 0.25) is 5.91 Å². The van der Waals surface area contributed by atoms with E-state index in [1.807, 2.05) is 6.08 Å². The van der Waals surface area contributed by atoms with Crippen LogP contribution >= 0.6 is 0 Å². The third-order valence-electron chi connectivity index (χ3n) is 5.26. The quantitative estimate of drug-likeness (QED) is 0.186. The summed E-state index contributed by atoms with van der Waals surface area (Å²) in [6.45, 7) is 3.43. The van der Waals surface area contributed by atoms with Gasteiger partial charge in [-0.2, -0.15) is 0 Å². The highest BCUT2D eigenvalue weighted by atomic mass is 16.6. The van der Waals surface area contributed by atoms with Gasteiger partial charge in [-0.05, 0) is 25.7 Å². The van der Waals surface area contributed by atoms with Crippen molar-refractivity contribution in [3.05, 3.63) is 12.2 Å². The van der Waals surface area contributed by atoms with Gasteiger partial charge < -0.3 is 25.4 Å². The molecule has 1 saturated heterocycles. The minimum absolute atomic E-state index is 0.177. The summed E-state index contributed by atoms with van der Waals surface area (Å²) >= 11 is 0. The van der Waals surface area contributed by atoms with Crippen molar-refractivity contribution < 1.29 is 29.6 Å². The number of cyclic esters (lactones) is 1. The van der Waals surface area contributed by atoms with Gasteiger partial charge in [0.05, 0.1) is 6.10 Å². The Morgan fingerprint density at radius 2 is 1.72 bits per heavy atom. The number of amides is 1. The van der Waals surface area contributed by atoms with E-state index < -0.39 is 36.2 Å². The van der Waals surface area contributed by atoms with Crippen molar-refractivity contribution in [2.45, 2.75) is 115 Å². The third-order valence-corrected chi connectivity index (χ3v) is 5.26. The average molecular weight is 414 g/mol. The van der Waals surface area contributed by atoms with Crippen LogP contribution in [0, 0.1) is 0 Å². The number of esters is 1. The van der Waals surface area contributed by atoms with Gasteiger partial charge in [-0.3, -0.25) is 4.79 Å². The number of carbonyl (C=O) groups is 2. The van der Waals surface area contributed by atoms with E-state index in [1.165, 1.54) is 32.3 Å². The maximum Gasteiger partial charge on any atom is 0.332 e. The van der Waals surface area contributed by atoms with E-state index in [9.17, 15) is 24.9 Å². The molecule has 0 bridgehead atoms. The largest absolute Gasteiger partial charge is 0.455 e. The second-order valence-electron chi connectivity index (χ2n) is 7.98. The lowest BCUT2D eigenvalue weighted by atomic mass is 10.0. The number of allylic oxidation sites excluding steroid dienone is 1. The Hall–Kier alpha value is -1.44. The Morgan fingerprint density at radius 3 is 2.34 bits per heavy atom. The van der Waals surface area contributed by atoms with Crippen LogP contribution in [-0.4, -0.2) is 57.7 Å². The molecule has 0 radical (unpaired) electrons. The van der Waals surface area contributed by atoms with E-state index in [0.717, 1.165) is 51.4 Å². The summed E-state index contributed by atoms with van der Waals surface area (Å²) in [5, 5.41) is 32.5. The summed E-state index contributed by atoms with van der Waals surface area (Å²) in [4.78, 5) is 22.8. The predicted octanol–water partition coefficient (Wildman–Crippen LogP) is 2.37. The molecule has 0 aromatic carbocycles. The maximum atomic E-state index is 11.7. The highest BCUT2D eigenvalue weighted by Crippen LogP contribution is 2.20. The molecule has 7 nitrogen and oxygen atoms in total. The van der Waals surface area contributed by atoms with Crippen molar-refractivity contribution in [2.75, 3.05) is 0 Å². The first-order valence-electron chi connectivity index (χ1n) is 11.0. The van der Waals surface area contributed by atoms with Crippen molar-refractivity contribution in [3.8, 4) is 0 Å². The molecular formula is C22H39NO6. The molecule has 0 saturated carbocycles. The Morgan fingerprint density at radius 1 is 1.10 bits per heavy atom. The lowest BCUT2D eigenvalue weighted by Crippen LogP contribution is -2.47. The van der Waals surface area contributed by atoms with E-state index in [0.29, 0.717) is 0 Å². The normalized spacial score (nSPS) is 23.9. The van der Waals surface area contributed by atoms with E-state index >= 15 is 0 Å². The summed E-state index contributed by atoms with van der Waals surface area (Å²) in [6, 6.07) is -1.14. The summed E-state index contributed by atoms with van der Waals surface area (Å²) in [6.07, 6.45) is 11.1. The summed E-state index contributed by atoms with van der Waals surface area (Å²) in [5.41, 5.74) is 0. The standard InChI is InChI=1S/C22H39NO6/c1-3-4-5-10-13-17(25)14-11-8-6-7-9-12-15-18(26)21-20(27)19(22(28)29-21)23-16(2)24/h12,15,17-21,25-27H,3-11,13-14H2,1-2H3,(H,23,24)/b15-12+/t17-,18-,19+,20-,21+/m1/s1. The van der Waals surface area contributed by atoms with E-state index in [1.54, 1.807) is 0 Å². The fourth-order valence-corrected chi connectivity index (χ4v) is 3.53. The molecule has 0 spiro atoms. The van der Waals surface area contributed by atoms with Gasteiger partial charge in [0.1, 0.15) is 12.2 Å². The first kappa shape index (κ1) is 25.6. The second-order valence-corrected chi connectivity index (χ2v) is 7.98. The molecule has 168 valence electrons. The molecule has 1 heterocycles. The van der Waals surface area contributed by atoms with Crippen LogP contribution < -0.4 is 5.32 Å². The number of rotatable bonds is 15. The van der Waals surface area contributed by atoms with Crippen LogP contribution in [0.4, 0.5) is 0 Å². The fourth-order valence-electron chi connectivity index (χ4n) is 3.53. The fraction of sp³-hybridized carbons (Fsp3) is 0.818. The minimum atomic E-state index is -1.28. The number of carbonyl (C=O) groups excluding carboxylic acids is 2. The molecule has 1 rings (SSSR count). The van der Waals surface area contributed by atoms with E-state index in [4.69, 9.17) is 4.74 Å². The molecule has 1 aliphatic heterocycles. The molecule has 5 atom stereocenters. The number of nitrogens with one attached hydrogen (secondary N) is 1. The highest BCUT2D eigenvalue weighted by Gasteiger charge is 2.46. The second kappa shape index (κ2) is 14.5. The number of aliphatic hydroxyl groups is 3. The van der Waals surface area contributed by atoms with Crippen molar-refractivity contribution in [1.29, 1.82) is 0 Å². The van der Waals surface area contributed by atoms with Crippen LogP contribution in [0.5, 0.6) is 0 Å². The van der Waals surface area contributed by atoms with Crippen molar-refractivity contribution in [1.82, 2.24) is 5.32 Å². The van der Waals surface area contributed by atoms with Gasteiger partial charge in [-0.25, -0.2) is 4.79 Å². The smallest absolute Gasteiger partial charge is 0.332 e. The maximum absolute atomic E-state index is 11.7. The first-order chi connectivity index (χ1) is 13.9. The number of aliphatic hydroxyl groups excluding tert-OH is 3. The van der Waals surface area contributed by atoms with Crippen LogP contribution in [-0.2, 0) is 14.3 Å². The number of ether oxygens (including phenoxy) is 1. The van der Waals surface area contributed by atoms with Crippen LogP contribution in [0.25, 0.3) is 0 Å². The van der Waals surface area contributed by atoms with Crippen molar-refractivity contribution in [2.24, 2.45) is 0 Å². The van der Waals surface area contributed by atoms with Crippen molar-refractivity contribution >= 4 is 11.9 Å². The first-order valence-corrected chi connectivity index (χ1v) is 11.0. The predicted molar refractivity (Wildman–Crippen MR) is 111 cm³/mol. The van der Waals surface area contributed by atoms with Gasteiger partial charge in [-0.15, -0.1) is 0 Å². The van der Waals surface area contributed by atoms with Gasteiger partial charge >= 0.3 is 5.97 Å². The van der Waals surface area contributed by atoms with Gasteiger partial charge in [0.15, 0.2) is 12.1 Å². The summed E-state index contributed by atoms with van der Waals surface area (Å²) in [5.74, 6) is -1.18. The molecule has 0 aromatic rings. The zero-order valence-corrected chi connectivity index (χ0v) is 17.9. The lowest BCUT2D eigenvalue weighted by molar-refractivity contribution is -0.146. The molecule has 0 aliphatic carbocycles. The Labute approximate surface area is 174 Å². The topological polar surface area (TPSA) is 116 Å². The molecule has 0 unspecified atom stereocenters. The Kier molecular flexibility index (Phi) is 12.8. The number of unbranched alkanes of at least 4 members (excludes halogenated alkanes) is 7. The molecule has 4 N–H and O–H groups in total. The zero-order chi connectivity index (χ0) is 21.6. The molecule has 1 fully saturated rings. The van der Waals surface area contributed by atoms with Crippen LogP contribution in [0.2, 0.25) is 0 Å². The molecule has 7 heteroatoms. The molecule has 1 amide bonds. The van der Waals surface area contributed by atoms with E-state index in [2.05, 4.69) is 12.2 Å². The van der Waals surface area contributed by atoms with Crippen LogP contribution in [0.15, 0.2) is 12.2 Å². The molecular weight excluding hydrogens is 374 g/mol. The van der Waals surface area contributed by atoms with Crippen LogP contribution in [0.1, 0.15) is 84.5 Å². The minimum Gasteiger partial charge on any atom is -0.455 e. The summed E-state index contributed by atoms with van der Waals surface area (Å²) < 4.78 is 4.99. The molecule has 0 aromatic heterocycles. The average Bonchev–Trinajstić information content (AvgIpc) is 2.95. The van der Waals surface area contributed by atoms with Gasteiger partial charge in [0, 0.05) is 6.92 Å². The Balaban J connectivity index is 2.12. The zero-order valence-electron chi connectivity index (χ0n) is 17.9. The highest BCUT2D eigenvalue weighted by molar-refractivity contribution is 5.85. The monoisotopic (exact) mass is 413 g/mol. The molecule has 1 aliphatic rings. The van der Waals surface area contributed by atoms with Crippen LogP contribution in [0.3, 0.4) is 0 Å². The number of hydrogen-bond donors (Lipinski definition) is 4.